The van der Waals surface area contributed by atoms with Crippen molar-refractivity contribution in [3.05, 3.63) is 47.7 Å². The molecule has 1 aromatic carbocycles. The van der Waals surface area contributed by atoms with Crippen LogP contribution in [0.4, 0.5) is 0 Å². The third-order valence-corrected chi connectivity index (χ3v) is 2.16. The van der Waals surface area contributed by atoms with Crippen molar-refractivity contribution < 1.29 is 19.1 Å². The molecule has 2 aromatic rings. The molecular formula is C12H12N2O4. The lowest BCUT2D eigenvalue weighted by Gasteiger charge is -1.96. The van der Waals surface area contributed by atoms with Crippen molar-refractivity contribution in [3.8, 4) is 0 Å². The molecule has 94 valence electrons. The number of carbonyl (C=O) groups is 1. The summed E-state index contributed by atoms with van der Waals surface area (Å²) in [4.78, 5) is 10.2. The summed E-state index contributed by atoms with van der Waals surface area (Å²) in [5, 5.41) is 16.0. The van der Waals surface area contributed by atoms with E-state index in [-0.39, 0.29) is 19.1 Å². The monoisotopic (exact) mass is 248 g/mol. The number of carboxylic acids is 1. The fraction of sp³-hybridized carbons (Fsp3) is 0.250. The van der Waals surface area contributed by atoms with Gasteiger partial charge in [0.15, 0.2) is 0 Å². The highest BCUT2D eigenvalue weighted by Crippen LogP contribution is 2.08. The van der Waals surface area contributed by atoms with Crippen LogP contribution in [0.3, 0.4) is 0 Å². The minimum Gasteiger partial charge on any atom is -0.480 e. The van der Waals surface area contributed by atoms with Crippen molar-refractivity contribution in [1.29, 1.82) is 0 Å². The topological polar surface area (TPSA) is 85.5 Å². The molecule has 0 bridgehead atoms. The first-order chi connectivity index (χ1) is 8.74. The summed E-state index contributed by atoms with van der Waals surface area (Å²) in [6, 6.07) is 9.73. The van der Waals surface area contributed by atoms with Gasteiger partial charge in [-0.3, -0.25) is 0 Å². The van der Waals surface area contributed by atoms with E-state index in [4.69, 9.17) is 14.3 Å². The normalized spacial score (nSPS) is 10.4. The second-order valence-corrected chi connectivity index (χ2v) is 3.64. The number of aliphatic carboxylic acids is 1. The van der Waals surface area contributed by atoms with E-state index in [2.05, 4.69) is 10.2 Å². The molecule has 0 radical (unpaired) electrons. The molecule has 0 unspecified atom stereocenters. The van der Waals surface area contributed by atoms with E-state index in [1.807, 2.05) is 30.3 Å². The third kappa shape index (κ3) is 3.67. The highest BCUT2D eigenvalue weighted by Gasteiger charge is 2.07. The molecule has 0 aliphatic rings. The van der Waals surface area contributed by atoms with Crippen LogP contribution in [-0.2, 0) is 22.6 Å². The maximum Gasteiger partial charge on any atom is 0.329 e. The van der Waals surface area contributed by atoms with Crippen LogP contribution in [0.5, 0.6) is 0 Å². The number of hydrogen-bond acceptors (Lipinski definition) is 5. The Bertz CT molecular complexity index is 510. The van der Waals surface area contributed by atoms with Gasteiger partial charge in [-0.05, 0) is 5.56 Å². The molecule has 6 nitrogen and oxygen atoms in total. The Kier molecular flexibility index (Phi) is 4.03. The zero-order valence-corrected chi connectivity index (χ0v) is 9.57. The first-order valence-corrected chi connectivity index (χ1v) is 5.39. The first-order valence-electron chi connectivity index (χ1n) is 5.39. The number of carboxylic acid groups (broad SMARTS) is 1. The Morgan fingerprint density at radius 2 is 1.94 bits per heavy atom. The maximum atomic E-state index is 10.2. The summed E-state index contributed by atoms with van der Waals surface area (Å²) < 4.78 is 10.2. The Balaban J connectivity index is 1.88. The van der Waals surface area contributed by atoms with Crippen LogP contribution in [0, 0.1) is 0 Å². The van der Waals surface area contributed by atoms with Crippen LogP contribution in [-0.4, -0.2) is 27.9 Å². The van der Waals surface area contributed by atoms with E-state index >= 15 is 0 Å². The Hall–Kier alpha value is -2.21. The molecule has 0 aliphatic carbocycles. The lowest BCUT2D eigenvalue weighted by molar-refractivity contribution is -0.142. The van der Waals surface area contributed by atoms with Crippen molar-refractivity contribution in [1.82, 2.24) is 10.2 Å². The molecule has 0 amide bonds. The van der Waals surface area contributed by atoms with E-state index in [1.54, 1.807) is 0 Å². The fourth-order valence-corrected chi connectivity index (χ4v) is 1.41. The molecule has 18 heavy (non-hydrogen) atoms. The van der Waals surface area contributed by atoms with Gasteiger partial charge in [-0.25, -0.2) is 4.79 Å². The predicted molar refractivity (Wildman–Crippen MR) is 60.8 cm³/mol. The van der Waals surface area contributed by atoms with Gasteiger partial charge in [0.25, 0.3) is 0 Å². The number of benzene rings is 1. The molecule has 1 aromatic heterocycles. The van der Waals surface area contributed by atoms with Gasteiger partial charge in [-0.1, -0.05) is 30.3 Å². The van der Waals surface area contributed by atoms with Crippen molar-refractivity contribution in [2.24, 2.45) is 0 Å². The number of rotatable bonds is 6. The smallest absolute Gasteiger partial charge is 0.329 e. The van der Waals surface area contributed by atoms with Crippen LogP contribution in [0.2, 0.25) is 0 Å². The Morgan fingerprint density at radius 3 is 2.67 bits per heavy atom. The van der Waals surface area contributed by atoms with Gasteiger partial charge in [0.2, 0.25) is 11.8 Å². The van der Waals surface area contributed by atoms with Crippen molar-refractivity contribution in [2.75, 3.05) is 6.61 Å². The summed E-state index contributed by atoms with van der Waals surface area (Å²) in [5.74, 6) is -0.267. The molecule has 0 saturated heterocycles. The van der Waals surface area contributed by atoms with E-state index < -0.39 is 5.97 Å². The number of ether oxygens (including phenoxy) is 1. The largest absolute Gasteiger partial charge is 0.480 e. The minimum atomic E-state index is -1.03. The van der Waals surface area contributed by atoms with Crippen LogP contribution in [0.25, 0.3) is 0 Å². The van der Waals surface area contributed by atoms with E-state index in [1.165, 1.54) is 0 Å². The van der Waals surface area contributed by atoms with Gasteiger partial charge in [0, 0.05) is 0 Å². The zero-order valence-electron chi connectivity index (χ0n) is 9.57. The summed E-state index contributed by atoms with van der Waals surface area (Å²) in [6.45, 7) is -0.371. The first kappa shape index (κ1) is 12.3. The Labute approximate surface area is 103 Å². The molecular weight excluding hydrogens is 236 g/mol. The quantitative estimate of drug-likeness (QED) is 0.828. The summed E-state index contributed by atoms with van der Waals surface area (Å²) in [6.07, 6.45) is 0.548. The Morgan fingerprint density at radius 1 is 1.22 bits per heavy atom. The molecule has 1 N–H and O–H groups in total. The van der Waals surface area contributed by atoms with E-state index in [9.17, 15) is 4.79 Å². The van der Waals surface area contributed by atoms with E-state index in [0.29, 0.717) is 12.3 Å². The van der Waals surface area contributed by atoms with Crippen LogP contribution in [0.15, 0.2) is 34.7 Å². The molecule has 2 rings (SSSR count). The average Bonchev–Trinajstić information content (AvgIpc) is 2.78. The number of aromatic nitrogens is 2. The van der Waals surface area contributed by atoms with Crippen molar-refractivity contribution >= 4 is 5.97 Å². The van der Waals surface area contributed by atoms with Gasteiger partial charge >= 0.3 is 5.97 Å². The molecule has 1 heterocycles. The highest BCUT2D eigenvalue weighted by molar-refractivity contribution is 5.67. The van der Waals surface area contributed by atoms with Gasteiger partial charge in [0.05, 0.1) is 6.42 Å². The standard InChI is InChI=1S/C12H12N2O4/c15-12(16)8-17-7-11-14-13-10(18-11)6-9-4-2-1-3-5-9/h1-5H,6-8H2,(H,15,16). The SMILES string of the molecule is O=C(O)COCc1nnc(Cc2ccccc2)o1. The van der Waals surface area contributed by atoms with E-state index in [0.717, 1.165) is 5.56 Å². The molecule has 0 fully saturated rings. The molecule has 0 spiro atoms. The maximum absolute atomic E-state index is 10.2. The second kappa shape index (κ2) is 5.92. The van der Waals surface area contributed by atoms with Crippen LogP contribution >= 0.6 is 0 Å². The van der Waals surface area contributed by atoms with Gasteiger partial charge in [-0.2, -0.15) is 0 Å². The fourth-order valence-electron chi connectivity index (χ4n) is 1.41. The number of nitrogens with zero attached hydrogens (tertiary/aromatic N) is 2. The van der Waals surface area contributed by atoms with Gasteiger partial charge < -0.3 is 14.3 Å². The highest BCUT2D eigenvalue weighted by atomic mass is 16.5. The number of hydrogen-bond donors (Lipinski definition) is 1. The van der Waals surface area contributed by atoms with Crippen LogP contribution < -0.4 is 0 Å². The zero-order chi connectivity index (χ0) is 12.8. The van der Waals surface area contributed by atoms with Crippen molar-refractivity contribution in [3.63, 3.8) is 0 Å². The predicted octanol–water partition coefficient (Wildman–Crippen LogP) is 1.26. The van der Waals surface area contributed by atoms with Gasteiger partial charge in [-0.15, -0.1) is 10.2 Å². The summed E-state index contributed by atoms with van der Waals surface area (Å²) in [5.41, 5.74) is 1.07. The molecule has 0 aliphatic heterocycles. The second-order valence-electron chi connectivity index (χ2n) is 3.64. The lowest BCUT2D eigenvalue weighted by atomic mass is 10.2. The third-order valence-electron chi connectivity index (χ3n) is 2.16. The molecule has 0 saturated carbocycles. The van der Waals surface area contributed by atoms with Gasteiger partial charge in [0.1, 0.15) is 13.2 Å². The molecule has 6 heteroatoms. The summed E-state index contributed by atoms with van der Waals surface area (Å²) in [7, 11) is 0. The van der Waals surface area contributed by atoms with Crippen LogP contribution in [0.1, 0.15) is 17.3 Å². The average molecular weight is 248 g/mol. The molecule has 0 atom stereocenters. The summed E-state index contributed by atoms with van der Waals surface area (Å²) >= 11 is 0. The van der Waals surface area contributed by atoms with Crippen molar-refractivity contribution in [2.45, 2.75) is 13.0 Å². The lowest BCUT2D eigenvalue weighted by Crippen LogP contribution is -2.06. The minimum absolute atomic E-state index is 0.00803.